The van der Waals surface area contributed by atoms with E-state index in [0.717, 1.165) is 29.6 Å². The number of nitrogens with zero attached hydrogens (tertiary/aromatic N) is 2. The van der Waals surface area contributed by atoms with Crippen LogP contribution in [-0.2, 0) is 6.54 Å². The van der Waals surface area contributed by atoms with E-state index in [1.54, 1.807) is 7.11 Å². The van der Waals surface area contributed by atoms with Crippen LogP contribution in [0.15, 0.2) is 18.2 Å². The van der Waals surface area contributed by atoms with E-state index in [-0.39, 0.29) is 0 Å². The summed E-state index contributed by atoms with van der Waals surface area (Å²) in [6.45, 7) is 2.89. The Bertz CT molecular complexity index is 595. The van der Waals surface area contributed by atoms with Gasteiger partial charge in [-0.1, -0.05) is 18.5 Å². The molecule has 1 heterocycles. The van der Waals surface area contributed by atoms with Crippen LogP contribution in [0.2, 0.25) is 5.15 Å². The summed E-state index contributed by atoms with van der Waals surface area (Å²) in [7, 11) is 1.61. The highest BCUT2D eigenvalue weighted by molar-refractivity contribution is 6.32. The molecule has 1 aromatic heterocycles. The molecule has 0 N–H and O–H groups in total. The zero-order chi connectivity index (χ0) is 12.4. The molecule has 0 aliphatic rings. The molecule has 0 atom stereocenters. The first-order valence-corrected chi connectivity index (χ1v) is 5.86. The smallest absolute Gasteiger partial charge is 0.128 e. The first-order valence-electron chi connectivity index (χ1n) is 5.48. The van der Waals surface area contributed by atoms with Crippen molar-refractivity contribution in [3.05, 3.63) is 28.9 Å². The Morgan fingerprint density at radius 2 is 2.24 bits per heavy atom. The standard InChI is InChI=1S/C13H13ClN2O/c1-3-6-16-12-5-4-9(17-2)7-10(12)11(8-15)13(16)14/h4-5,7H,3,6H2,1-2H3. The highest BCUT2D eigenvalue weighted by Crippen LogP contribution is 2.32. The van der Waals surface area contributed by atoms with Crippen molar-refractivity contribution >= 4 is 22.5 Å². The lowest BCUT2D eigenvalue weighted by Gasteiger charge is -2.05. The largest absolute Gasteiger partial charge is 0.497 e. The van der Waals surface area contributed by atoms with Crippen LogP contribution in [0, 0.1) is 11.3 Å². The van der Waals surface area contributed by atoms with E-state index in [1.165, 1.54) is 0 Å². The van der Waals surface area contributed by atoms with Gasteiger partial charge in [-0.2, -0.15) is 5.26 Å². The molecule has 0 saturated carbocycles. The molecule has 0 aliphatic carbocycles. The topological polar surface area (TPSA) is 38.0 Å². The number of fused-ring (bicyclic) bond motifs is 1. The Hall–Kier alpha value is -1.66. The second-order valence-electron chi connectivity index (χ2n) is 3.81. The van der Waals surface area contributed by atoms with Gasteiger partial charge >= 0.3 is 0 Å². The number of aryl methyl sites for hydroxylation is 1. The molecule has 3 nitrogen and oxygen atoms in total. The van der Waals surface area contributed by atoms with Gasteiger partial charge in [0, 0.05) is 11.9 Å². The molecule has 1 aromatic carbocycles. The zero-order valence-corrected chi connectivity index (χ0v) is 10.6. The van der Waals surface area contributed by atoms with Crippen molar-refractivity contribution in [3.63, 3.8) is 0 Å². The van der Waals surface area contributed by atoms with E-state index >= 15 is 0 Å². The quantitative estimate of drug-likeness (QED) is 0.833. The maximum Gasteiger partial charge on any atom is 0.128 e. The van der Waals surface area contributed by atoms with E-state index in [9.17, 15) is 5.26 Å². The van der Waals surface area contributed by atoms with Gasteiger partial charge in [0.2, 0.25) is 0 Å². The highest BCUT2D eigenvalue weighted by Gasteiger charge is 2.15. The Morgan fingerprint density at radius 3 is 2.82 bits per heavy atom. The first-order chi connectivity index (χ1) is 8.22. The van der Waals surface area contributed by atoms with Gasteiger partial charge in [0.15, 0.2) is 0 Å². The number of benzene rings is 1. The number of rotatable bonds is 3. The molecule has 0 radical (unpaired) electrons. The molecule has 17 heavy (non-hydrogen) atoms. The number of aromatic nitrogens is 1. The number of methoxy groups -OCH3 is 1. The van der Waals surface area contributed by atoms with E-state index in [0.29, 0.717) is 10.7 Å². The molecule has 88 valence electrons. The lowest BCUT2D eigenvalue weighted by molar-refractivity contribution is 0.415. The normalized spacial score (nSPS) is 10.5. The fraction of sp³-hybridized carbons (Fsp3) is 0.308. The van der Waals surface area contributed by atoms with Crippen LogP contribution in [0.3, 0.4) is 0 Å². The third kappa shape index (κ3) is 1.85. The minimum absolute atomic E-state index is 0.512. The second kappa shape index (κ2) is 4.68. The van der Waals surface area contributed by atoms with Gasteiger partial charge in [0.05, 0.1) is 18.2 Å². The fourth-order valence-corrected chi connectivity index (χ4v) is 2.30. The highest BCUT2D eigenvalue weighted by atomic mass is 35.5. The number of halogens is 1. The van der Waals surface area contributed by atoms with Gasteiger partial charge in [-0.05, 0) is 24.6 Å². The summed E-state index contributed by atoms with van der Waals surface area (Å²) >= 11 is 6.23. The van der Waals surface area contributed by atoms with Crippen molar-refractivity contribution in [3.8, 4) is 11.8 Å². The van der Waals surface area contributed by atoms with Crippen LogP contribution in [0.4, 0.5) is 0 Å². The van der Waals surface area contributed by atoms with E-state index in [1.807, 2.05) is 22.8 Å². The molecule has 0 amide bonds. The first kappa shape index (κ1) is 11.8. The van der Waals surface area contributed by atoms with Gasteiger partial charge in [0.25, 0.3) is 0 Å². The Labute approximate surface area is 105 Å². The molecule has 0 fully saturated rings. The van der Waals surface area contributed by atoms with Crippen LogP contribution in [-0.4, -0.2) is 11.7 Å². The number of nitriles is 1. The number of hydrogen-bond acceptors (Lipinski definition) is 2. The molecule has 2 aromatic rings. The Kier molecular flexibility index (Phi) is 3.26. The summed E-state index contributed by atoms with van der Waals surface area (Å²) in [4.78, 5) is 0. The maximum atomic E-state index is 9.17. The van der Waals surface area contributed by atoms with E-state index in [2.05, 4.69) is 13.0 Å². The summed E-state index contributed by atoms with van der Waals surface area (Å²) in [6.07, 6.45) is 0.973. The third-order valence-electron chi connectivity index (χ3n) is 2.77. The van der Waals surface area contributed by atoms with Gasteiger partial charge in [-0.25, -0.2) is 0 Å². The van der Waals surface area contributed by atoms with Crippen molar-refractivity contribution in [2.45, 2.75) is 19.9 Å². The zero-order valence-electron chi connectivity index (χ0n) is 9.83. The monoisotopic (exact) mass is 248 g/mol. The summed E-state index contributed by atoms with van der Waals surface area (Å²) in [6, 6.07) is 7.84. The molecule has 0 aliphatic heterocycles. The molecule has 0 unspecified atom stereocenters. The van der Waals surface area contributed by atoms with Crippen molar-refractivity contribution in [2.75, 3.05) is 7.11 Å². The molecule has 0 spiro atoms. The summed E-state index contributed by atoms with van der Waals surface area (Å²) < 4.78 is 7.14. The lowest BCUT2D eigenvalue weighted by Crippen LogP contribution is -1.96. The average Bonchev–Trinajstić information content (AvgIpc) is 2.62. The Balaban J connectivity index is 2.76. The van der Waals surface area contributed by atoms with Crippen molar-refractivity contribution in [2.24, 2.45) is 0 Å². The molecule has 4 heteroatoms. The summed E-state index contributed by atoms with van der Waals surface area (Å²) in [5.41, 5.74) is 1.50. The summed E-state index contributed by atoms with van der Waals surface area (Å²) in [5, 5.41) is 10.5. The van der Waals surface area contributed by atoms with Crippen LogP contribution in [0.25, 0.3) is 10.9 Å². The van der Waals surface area contributed by atoms with Crippen LogP contribution in [0.5, 0.6) is 5.75 Å². The number of hydrogen-bond donors (Lipinski definition) is 0. The van der Waals surface area contributed by atoms with Crippen LogP contribution >= 0.6 is 11.6 Å². The lowest BCUT2D eigenvalue weighted by atomic mass is 10.2. The minimum Gasteiger partial charge on any atom is -0.497 e. The molecule has 0 bridgehead atoms. The second-order valence-corrected chi connectivity index (χ2v) is 4.17. The average molecular weight is 249 g/mol. The summed E-state index contributed by atoms with van der Waals surface area (Å²) in [5.74, 6) is 0.735. The molecular formula is C13H13ClN2O. The van der Waals surface area contributed by atoms with Crippen LogP contribution < -0.4 is 4.74 Å². The SMILES string of the molecule is CCCn1c(Cl)c(C#N)c2cc(OC)ccc21. The van der Waals surface area contributed by atoms with E-state index in [4.69, 9.17) is 16.3 Å². The van der Waals surface area contributed by atoms with Gasteiger partial charge < -0.3 is 9.30 Å². The van der Waals surface area contributed by atoms with Crippen molar-refractivity contribution in [1.29, 1.82) is 5.26 Å². The van der Waals surface area contributed by atoms with Crippen molar-refractivity contribution in [1.82, 2.24) is 4.57 Å². The molecule has 0 saturated heterocycles. The van der Waals surface area contributed by atoms with Crippen molar-refractivity contribution < 1.29 is 4.74 Å². The Morgan fingerprint density at radius 1 is 1.47 bits per heavy atom. The predicted molar refractivity (Wildman–Crippen MR) is 68.5 cm³/mol. The predicted octanol–water partition coefficient (Wildman–Crippen LogP) is 3.58. The van der Waals surface area contributed by atoms with Gasteiger partial charge in [0.1, 0.15) is 17.0 Å². The third-order valence-corrected chi connectivity index (χ3v) is 3.16. The molecular weight excluding hydrogens is 236 g/mol. The van der Waals surface area contributed by atoms with Crippen LogP contribution in [0.1, 0.15) is 18.9 Å². The minimum atomic E-state index is 0.512. The number of ether oxygens (including phenoxy) is 1. The van der Waals surface area contributed by atoms with Gasteiger partial charge in [-0.3, -0.25) is 0 Å². The van der Waals surface area contributed by atoms with E-state index < -0.39 is 0 Å². The van der Waals surface area contributed by atoms with Gasteiger partial charge in [-0.15, -0.1) is 0 Å². The molecule has 2 rings (SSSR count). The fourth-order valence-electron chi connectivity index (χ4n) is 1.98. The maximum absolute atomic E-state index is 9.17.